The summed E-state index contributed by atoms with van der Waals surface area (Å²) in [6.07, 6.45) is 4.76. The van der Waals surface area contributed by atoms with Crippen molar-refractivity contribution >= 4 is 11.8 Å². The first-order chi connectivity index (χ1) is 13.6. The van der Waals surface area contributed by atoms with Crippen molar-refractivity contribution < 1.29 is 14.0 Å². The quantitative estimate of drug-likeness (QED) is 0.880. The minimum Gasteiger partial charge on any atom is -0.339 e. The number of hydrogen-bond acceptors (Lipinski definition) is 3. The van der Waals surface area contributed by atoms with E-state index in [4.69, 9.17) is 0 Å². The van der Waals surface area contributed by atoms with Crippen molar-refractivity contribution in [3.63, 3.8) is 0 Å². The molecule has 7 heteroatoms. The number of nitrogens with one attached hydrogen (secondary N) is 1. The molecule has 6 nitrogen and oxygen atoms in total. The van der Waals surface area contributed by atoms with E-state index < -0.39 is 0 Å². The van der Waals surface area contributed by atoms with E-state index in [1.165, 1.54) is 6.07 Å². The average Bonchev–Trinajstić information content (AvgIpc) is 3.17. The number of nitrogens with zero attached hydrogens (tertiary/aromatic N) is 3. The molecule has 1 saturated heterocycles. The van der Waals surface area contributed by atoms with Crippen LogP contribution in [0.15, 0.2) is 24.3 Å². The van der Waals surface area contributed by atoms with Crippen molar-refractivity contribution in [2.24, 2.45) is 0 Å². The molecular formula is C21H25FN4O2. The molecule has 2 aliphatic rings. The molecule has 148 valence electrons. The molecule has 1 aromatic carbocycles. The maximum Gasteiger partial charge on any atom is 0.274 e. The van der Waals surface area contributed by atoms with E-state index in [0.29, 0.717) is 43.9 Å². The summed E-state index contributed by atoms with van der Waals surface area (Å²) in [5.74, 6) is -0.307. The number of aromatic nitrogens is 2. The molecule has 1 N–H and O–H groups in total. The zero-order valence-corrected chi connectivity index (χ0v) is 15.9. The van der Waals surface area contributed by atoms with Crippen molar-refractivity contribution in [1.29, 1.82) is 0 Å². The molecule has 0 unspecified atom stereocenters. The fourth-order valence-corrected chi connectivity index (χ4v) is 4.07. The van der Waals surface area contributed by atoms with Gasteiger partial charge in [-0.15, -0.1) is 0 Å². The summed E-state index contributed by atoms with van der Waals surface area (Å²) >= 11 is 0. The molecule has 0 saturated carbocycles. The summed E-state index contributed by atoms with van der Waals surface area (Å²) in [7, 11) is 0. The van der Waals surface area contributed by atoms with Crippen LogP contribution in [0.25, 0.3) is 0 Å². The number of halogens is 1. The third kappa shape index (κ3) is 3.79. The molecule has 0 radical (unpaired) electrons. The Morgan fingerprint density at radius 1 is 1.04 bits per heavy atom. The highest BCUT2D eigenvalue weighted by Crippen LogP contribution is 2.23. The Morgan fingerprint density at radius 3 is 2.54 bits per heavy atom. The highest BCUT2D eigenvalue weighted by molar-refractivity contribution is 5.94. The molecule has 0 atom stereocenters. The van der Waals surface area contributed by atoms with Crippen molar-refractivity contribution in [2.75, 3.05) is 26.2 Å². The van der Waals surface area contributed by atoms with Crippen LogP contribution in [0.4, 0.5) is 4.39 Å². The monoisotopic (exact) mass is 384 g/mol. The minimum absolute atomic E-state index is 0.00695. The van der Waals surface area contributed by atoms with E-state index in [1.54, 1.807) is 28.0 Å². The molecule has 2 aromatic rings. The summed E-state index contributed by atoms with van der Waals surface area (Å²) < 4.78 is 13.7. The third-order valence-corrected chi connectivity index (χ3v) is 5.74. The number of fused-ring (bicyclic) bond motifs is 1. The highest BCUT2D eigenvalue weighted by Gasteiger charge is 2.29. The summed E-state index contributed by atoms with van der Waals surface area (Å²) in [4.78, 5) is 28.9. The van der Waals surface area contributed by atoms with Crippen LogP contribution >= 0.6 is 0 Å². The Bertz CT molecular complexity index is 871. The van der Waals surface area contributed by atoms with Gasteiger partial charge < -0.3 is 9.80 Å². The Hall–Kier alpha value is -2.70. The van der Waals surface area contributed by atoms with Gasteiger partial charge in [-0.1, -0.05) is 18.2 Å². The van der Waals surface area contributed by atoms with Crippen molar-refractivity contribution in [3.8, 4) is 0 Å². The average molecular weight is 384 g/mol. The van der Waals surface area contributed by atoms with Crippen LogP contribution in [0.1, 0.15) is 46.6 Å². The van der Waals surface area contributed by atoms with E-state index in [0.717, 1.165) is 36.9 Å². The maximum absolute atomic E-state index is 13.7. The molecule has 1 fully saturated rings. The Morgan fingerprint density at radius 2 is 1.75 bits per heavy atom. The van der Waals surface area contributed by atoms with Crippen LogP contribution in [0.3, 0.4) is 0 Å². The standard InChI is InChI=1S/C21H25FN4O2/c22-17-7-3-1-5-15(17)9-10-19(27)25-11-13-26(14-12-25)21(28)20-16-6-2-4-8-18(16)23-24-20/h1,3,5,7H,2,4,6,8-14H2,(H,23,24). The van der Waals surface area contributed by atoms with E-state index in [1.807, 2.05) is 0 Å². The van der Waals surface area contributed by atoms with Gasteiger partial charge in [0, 0.05) is 43.9 Å². The molecule has 1 aliphatic carbocycles. The number of rotatable bonds is 4. The molecule has 1 aliphatic heterocycles. The number of carbonyl (C=O) groups excluding carboxylic acids is 2. The molecule has 4 rings (SSSR count). The van der Waals surface area contributed by atoms with E-state index >= 15 is 0 Å². The number of piperazine rings is 1. The summed E-state index contributed by atoms with van der Waals surface area (Å²) in [6.45, 7) is 2.03. The predicted octanol–water partition coefficient (Wildman–Crippen LogP) is 2.34. The fraction of sp³-hybridized carbons (Fsp3) is 0.476. The molecular weight excluding hydrogens is 359 g/mol. The summed E-state index contributed by atoms with van der Waals surface area (Å²) in [6, 6.07) is 6.55. The predicted molar refractivity (Wildman–Crippen MR) is 102 cm³/mol. The van der Waals surface area contributed by atoms with E-state index in [9.17, 15) is 14.0 Å². The zero-order chi connectivity index (χ0) is 19.5. The number of H-pyrrole nitrogens is 1. The van der Waals surface area contributed by atoms with Gasteiger partial charge in [0.15, 0.2) is 5.69 Å². The van der Waals surface area contributed by atoms with Gasteiger partial charge in [-0.25, -0.2) is 4.39 Å². The van der Waals surface area contributed by atoms with Crippen molar-refractivity contribution in [2.45, 2.75) is 38.5 Å². The van der Waals surface area contributed by atoms with E-state index in [-0.39, 0.29) is 24.1 Å². The van der Waals surface area contributed by atoms with Crippen LogP contribution in [-0.2, 0) is 24.1 Å². The first-order valence-electron chi connectivity index (χ1n) is 10.00. The Balaban J connectivity index is 1.30. The second-order valence-corrected chi connectivity index (χ2v) is 7.50. The molecule has 2 heterocycles. The topological polar surface area (TPSA) is 69.3 Å². The van der Waals surface area contributed by atoms with Gasteiger partial charge in [0.25, 0.3) is 5.91 Å². The van der Waals surface area contributed by atoms with Crippen LogP contribution in [-0.4, -0.2) is 58.0 Å². The molecule has 0 spiro atoms. The maximum atomic E-state index is 13.7. The van der Waals surface area contributed by atoms with E-state index in [2.05, 4.69) is 10.2 Å². The van der Waals surface area contributed by atoms with Gasteiger partial charge in [-0.05, 0) is 43.7 Å². The lowest BCUT2D eigenvalue weighted by Crippen LogP contribution is -2.50. The van der Waals surface area contributed by atoms with Crippen LogP contribution in [0.5, 0.6) is 0 Å². The summed E-state index contributed by atoms with van der Waals surface area (Å²) in [5, 5.41) is 7.28. The van der Waals surface area contributed by atoms with Crippen LogP contribution < -0.4 is 0 Å². The second kappa shape index (κ2) is 8.12. The number of amides is 2. The van der Waals surface area contributed by atoms with Gasteiger partial charge in [0.05, 0.1) is 0 Å². The number of hydrogen-bond donors (Lipinski definition) is 1. The first kappa shape index (κ1) is 18.7. The third-order valence-electron chi connectivity index (χ3n) is 5.74. The second-order valence-electron chi connectivity index (χ2n) is 7.50. The number of aryl methyl sites for hydroxylation is 2. The fourth-order valence-electron chi connectivity index (χ4n) is 4.07. The van der Waals surface area contributed by atoms with Gasteiger partial charge in [-0.2, -0.15) is 5.10 Å². The normalized spacial score (nSPS) is 16.8. The lowest BCUT2D eigenvalue weighted by atomic mass is 9.95. The molecule has 0 bridgehead atoms. The van der Waals surface area contributed by atoms with Crippen LogP contribution in [0, 0.1) is 5.82 Å². The zero-order valence-electron chi connectivity index (χ0n) is 15.9. The van der Waals surface area contributed by atoms with Crippen molar-refractivity contribution in [3.05, 3.63) is 52.6 Å². The molecule has 28 heavy (non-hydrogen) atoms. The van der Waals surface area contributed by atoms with Gasteiger partial charge in [0.1, 0.15) is 5.82 Å². The summed E-state index contributed by atoms with van der Waals surface area (Å²) in [5.41, 5.74) is 3.28. The minimum atomic E-state index is -0.270. The Kier molecular flexibility index (Phi) is 5.41. The van der Waals surface area contributed by atoms with Crippen LogP contribution in [0.2, 0.25) is 0 Å². The lowest BCUT2D eigenvalue weighted by molar-refractivity contribution is -0.132. The molecule has 1 aromatic heterocycles. The van der Waals surface area contributed by atoms with Gasteiger partial charge in [0.2, 0.25) is 5.91 Å². The SMILES string of the molecule is O=C(CCc1ccccc1F)N1CCN(C(=O)c2n[nH]c3c2CCCC3)CC1. The number of carbonyl (C=O) groups is 2. The largest absolute Gasteiger partial charge is 0.339 e. The smallest absolute Gasteiger partial charge is 0.274 e. The Labute approximate surface area is 163 Å². The van der Waals surface area contributed by atoms with Gasteiger partial charge >= 0.3 is 0 Å². The lowest BCUT2D eigenvalue weighted by Gasteiger charge is -2.34. The number of benzene rings is 1. The first-order valence-corrected chi connectivity index (χ1v) is 10.00. The van der Waals surface area contributed by atoms with Gasteiger partial charge in [-0.3, -0.25) is 14.7 Å². The molecule has 2 amide bonds. The van der Waals surface area contributed by atoms with Crippen molar-refractivity contribution in [1.82, 2.24) is 20.0 Å². The number of aromatic amines is 1. The highest BCUT2D eigenvalue weighted by atomic mass is 19.1.